The first-order chi connectivity index (χ1) is 12.7. The number of fused-ring (bicyclic) bond motifs is 1. The van der Waals surface area contributed by atoms with Crippen molar-refractivity contribution in [2.75, 3.05) is 12.4 Å². The predicted molar refractivity (Wildman–Crippen MR) is 99.1 cm³/mol. The van der Waals surface area contributed by atoms with Crippen LogP contribution in [0.5, 0.6) is 17.2 Å². The van der Waals surface area contributed by atoms with E-state index < -0.39 is 0 Å². The van der Waals surface area contributed by atoms with Gasteiger partial charge in [-0.3, -0.25) is 0 Å². The van der Waals surface area contributed by atoms with Crippen LogP contribution in [0.3, 0.4) is 0 Å². The Kier molecular flexibility index (Phi) is 4.26. The first kappa shape index (κ1) is 16.5. The molecule has 26 heavy (non-hydrogen) atoms. The van der Waals surface area contributed by atoms with Gasteiger partial charge in [0.2, 0.25) is 5.16 Å². The van der Waals surface area contributed by atoms with Gasteiger partial charge in [-0.15, -0.1) is 10.2 Å². The lowest BCUT2D eigenvalue weighted by molar-refractivity contribution is 0.340. The highest BCUT2D eigenvalue weighted by Gasteiger charge is 2.21. The SMILES string of the molecule is CCOc1ccc(-c2nnc3n2N=C(c2ccc(O)c(O)c2)CS3)cc1. The molecule has 132 valence electrons. The molecule has 1 aliphatic rings. The number of ether oxygens (including phenoxy) is 1. The van der Waals surface area contributed by atoms with E-state index in [1.54, 1.807) is 10.7 Å². The third-order valence-electron chi connectivity index (χ3n) is 3.90. The second-order valence-electron chi connectivity index (χ2n) is 5.61. The molecule has 1 aliphatic heterocycles. The number of thioether (sulfide) groups is 1. The van der Waals surface area contributed by atoms with Gasteiger partial charge in [0.05, 0.1) is 12.3 Å². The maximum atomic E-state index is 9.73. The van der Waals surface area contributed by atoms with Crippen molar-refractivity contribution in [1.82, 2.24) is 14.9 Å². The van der Waals surface area contributed by atoms with Gasteiger partial charge in [0, 0.05) is 16.9 Å². The highest BCUT2D eigenvalue weighted by molar-refractivity contribution is 7.99. The molecule has 1 aromatic heterocycles. The van der Waals surface area contributed by atoms with Crippen molar-refractivity contribution in [3.05, 3.63) is 48.0 Å². The van der Waals surface area contributed by atoms with Crippen LogP contribution in [0.1, 0.15) is 12.5 Å². The van der Waals surface area contributed by atoms with Crippen molar-refractivity contribution in [2.45, 2.75) is 12.1 Å². The smallest absolute Gasteiger partial charge is 0.212 e. The number of phenolic OH excluding ortho intramolecular Hbond substituents is 2. The fourth-order valence-corrected chi connectivity index (χ4v) is 3.46. The molecule has 0 spiro atoms. The van der Waals surface area contributed by atoms with Crippen molar-refractivity contribution in [3.63, 3.8) is 0 Å². The van der Waals surface area contributed by atoms with Crippen LogP contribution >= 0.6 is 11.8 Å². The van der Waals surface area contributed by atoms with Crippen LogP contribution < -0.4 is 4.74 Å². The van der Waals surface area contributed by atoms with E-state index in [0.717, 1.165) is 22.6 Å². The highest BCUT2D eigenvalue weighted by atomic mass is 32.2. The lowest BCUT2D eigenvalue weighted by Crippen LogP contribution is -2.13. The number of aromatic nitrogens is 3. The largest absolute Gasteiger partial charge is 0.504 e. The Morgan fingerprint density at radius 1 is 1.04 bits per heavy atom. The molecule has 8 heteroatoms. The average molecular weight is 368 g/mol. The Morgan fingerprint density at radius 2 is 1.81 bits per heavy atom. The molecule has 0 saturated carbocycles. The summed E-state index contributed by atoms with van der Waals surface area (Å²) >= 11 is 1.52. The van der Waals surface area contributed by atoms with Gasteiger partial charge >= 0.3 is 0 Å². The first-order valence-electron chi connectivity index (χ1n) is 8.07. The van der Waals surface area contributed by atoms with E-state index in [-0.39, 0.29) is 11.5 Å². The molecule has 2 N–H and O–H groups in total. The third-order valence-corrected chi connectivity index (χ3v) is 4.83. The average Bonchev–Trinajstić information content (AvgIpc) is 3.08. The normalized spacial score (nSPS) is 13.2. The topological polar surface area (TPSA) is 92.8 Å². The summed E-state index contributed by atoms with van der Waals surface area (Å²) in [4.78, 5) is 0. The molecular formula is C18H16N4O3S. The second-order valence-corrected chi connectivity index (χ2v) is 6.56. The summed E-state index contributed by atoms with van der Waals surface area (Å²) < 4.78 is 7.17. The Hall–Kier alpha value is -3.00. The van der Waals surface area contributed by atoms with Crippen LogP contribution in [-0.4, -0.2) is 43.2 Å². The molecule has 2 aromatic carbocycles. The molecule has 0 fully saturated rings. The summed E-state index contributed by atoms with van der Waals surface area (Å²) in [5.74, 6) is 1.71. The van der Waals surface area contributed by atoms with Gasteiger partial charge in [0.25, 0.3) is 0 Å². The maximum absolute atomic E-state index is 9.73. The number of aromatic hydroxyl groups is 2. The van der Waals surface area contributed by atoms with Gasteiger partial charge in [-0.1, -0.05) is 11.8 Å². The van der Waals surface area contributed by atoms with Crippen LogP contribution in [0, 0.1) is 0 Å². The summed E-state index contributed by atoms with van der Waals surface area (Å²) in [7, 11) is 0. The van der Waals surface area contributed by atoms with Gasteiger partial charge in [0.15, 0.2) is 17.3 Å². The van der Waals surface area contributed by atoms with Crippen molar-refractivity contribution >= 4 is 17.5 Å². The Balaban J connectivity index is 1.71. The molecule has 0 aliphatic carbocycles. The summed E-state index contributed by atoms with van der Waals surface area (Å²) in [6.45, 7) is 2.56. The van der Waals surface area contributed by atoms with Gasteiger partial charge in [-0.2, -0.15) is 9.78 Å². The lowest BCUT2D eigenvalue weighted by atomic mass is 10.1. The number of hydrogen-bond acceptors (Lipinski definition) is 7. The standard InChI is InChI=1S/C18H16N4O3S/c1-2-25-13-6-3-11(4-7-13)17-19-20-18-22(17)21-14(10-26-18)12-5-8-15(23)16(24)9-12/h3-9,23-24H,2,10H2,1H3. The third kappa shape index (κ3) is 2.99. The second kappa shape index (κ2) is 6.72. The Bertz CT molecular complexity index is 983. The first-order valence-corrected chi connectivity index (χ1v) is 9.06. The summed E-state index contributed by atoms with van der Waals surface area (Å²) in [5.41, 5.74) is 2.39. The fraction of sp³-hybridized carbons (Fsp3) is 0.167. The number of rotatable bonds is 4. The minimum Gasteiger partial charge on any atom is -0.504 e. The van der Waals surface area contributed by atoms with Crippen LogP contribution in [0.2, 0.25) is 0 Å². The van der Waals surface area contributed by atoms with E-state index in [9.17, 15) is 10.2 Å². The van der Waals surface area contributed by atoms with E-state index in [2.05, 4.69) is 15.3 Å². The van der Waals surface area contributed by atoms with E-state index >= 15 is 0 Å². The van der Waals surface area contributed by atoms with E-state index in [0.29, 0.717) is 23.3 Å². The maximum Gasteiger partial charge on any atom is 0.212 e. The molecule has 4 rings (SSSR count). The molecule has 7 nitrogen and oxygen atoms in total. The zero-order valence-corrected chi connectivity index (χ0v) is 14.8. The Labute approximate surface area is 154 Å². The number of benzene rings is 2. The minimum atomic E-state index is -0.170. The molecule has 0 atom stereocenters. The molecule has 2 heterocycles. The zero-order valence-electron chi connectivity index (χ0n) is 14.0. The van der Waals surface area contributed by atoms with E-state index in [4.69, 9.17) is 4.74 Å². The van der Waals surface area contributed by atoms with Crippen LogP contribution in [-0.2, 0) is 0 Å². The van der Waals surface area contributed by atoms with Crippen molar-refractivity contribution < 1.29 is 14.9 Å². The summed E-state index contributed by atoms with van der Waals surface area (Å²) in [6, 6.07) is 12.3. The molecule has 0 bridgehead atoms. The molecule has 0 unspecified atom stereocenters. The molecular weight excluding hydrogens is 352 g/mol. The van der Waals surface area contributed by atoms with Crippen molar-refractivity contribution in [2.24, 2.45) is 5.10 Å². The quantitative estimate of drug-likeness (QED) is 0.688. The van der Waals surface area contributed by atoms with Gasteiger partial charge < -0.3 is 14.9 Å². The van der Waals surface area contributed by atoms with Crippen LogP contribution in [0.15, 0.2) is 52.7 Å². The van der Waals surface area contributed by atoms with Crippen LogP contribution in [0.25, 0.3) is 11.4 Å². The number of phenols is 2. The summed E-state index contributed by atoms with van der Waals surface area (Å²) in [5, 5.41) is 33.0. The highest BCUT2D eigenvalue weighted by Crippen LogP contribution is 2.31. The molecule has 0 amide bonds. The minimum absolute atomic E-state index is 0.155. The van der Waals surface area contributed by atoms with Crippen molar-refractivity contribution in [3.8, 4) is 28.6 Å². The van der Waals surface area contributed by atoms with Gasteiger partial charge in [0.1, 0.15) is 5.75 Å². The zero-order chi connectivity index (χ0) is 18.1. The molecule has 0 saturated heterocycles. The fourth-order valence-electron chi connectivity index (χ4n) is 2.62. The van der Waals surface area contributed by atoms with E-state index in [1.165, 1.54) is 23.9 Å². The predicted octanol–water partition coefficient (Wildman–Crippen LogP) is 3.11. The molecule has 0 radical (unpaired) electrons. The van der Waals surface area contributed by atoms with Crippen molar-refractivity contribution in [1.29, 1.82) is 0 Å². The van der Waals surface area contributed by atoms with Gasteiger partial charge in [-0.25, -0.2) is 0 Å². The summed E-state index contributed by atoms with van der Waals surface area (Å²) in [6.07, 6.45) is 0. The number of nitrogens with zero attached hydrogens (tertiary/aromatic N) is 4. The lowest BCUT2D eigenvalue weighted by Gasteiger charge is -2.14. The van der Waals surface area contributed by atoms with E-state index in [1.807, 2.05) is 31.2 Å². The Morgan fingerprint density at radius 3 is 2.54 bits per heavy atom. The van der Waals surface area contributed by atoms with Crippen LogP contribution in [0.4, 0.5) is 0 Å². The monoisotopic (exact) mass is 368 g/mol. The molecule has 3 aromatic rings. The van der Waals surface area contributed by atoms with Gasteiger partial charge in [-0.05, 0) is 49.4 Å². The number of hydrogen-bond donors (Lipinski definition) is 2.